The van der Waals surface area contributed by atoms with Crippen molar-refractivity contribution in [3.05, 3.63) is 19.9 Å². The van der Waals surface area contributed by atoms with Crippen LogP contribution >= 0.6 is 33.9 Å². The molecule has 2 amide bonds. The minimum Gasteiger partial charge on any atom is -0.359 e. The van der Waals surface area contributed by atoms with Crippen LogP contribution in [0, 0.1) is 8.30 Å². The summed E-state index contributed by atoms with van der Waals surface area (Å²) in [5.41, 5.74) is 0.0419. The Morgan fingerprint density at radius 2 is 2.12 bits per heavy atom. The molecule has 2 N–H and O–H groups in total. The molecule has 0 atom stereocenters. The smallest absolute Gasteiger partial charge is 0.252 e. The van der Waals surface area contributed by atoms with Gasteiger partial charge in [-0.3, -0.25) is 9.59 Å². The highest BCUT2D eigenvalue weighted by Gasteiger charge is 2.27. The van der Waals surface area contributed by atoms with Crippen LogP contribution in [0.5, 0.6) is 0 Å². The van der Waals surface area contributed by atoms with Crippen LogP contribution in [0.2, 0.25) is 0 Å². The highest BCUT2D eigenvalue weighted by Crippen LogP contribution is 2.17. The van der Waals surface area contributed by atoms with E-state index in [0.29, 0.717) is 12.1 Å². The normalized spacial score (nSPS) is 11.1. The van der Waals surface area contributed by atoms with Crippen molar-refractivity contribution in [3.8, 4) is 0 Å². The van der Waals surface area contributed by atoms with Gasteiger partial charge < -0.3 is 10.6 Å². The average Bonchev–Trinajstić information content (AvgIpc) is 2.71. The second-order valence-corrected chi connectivity index (χ2v) is 7.09. The highest BCUT2D eigenvalue weighted by molar-refractivity contribution is 14.1. The van der Waals surface area contributed by atoms with Crippen molar-refractivity contribution in [1.29, 1.82) is 0 Å². The van der Waals surface area contributed by atoms with Gasteiger partial charge in [-0.05, 0) is 42.5 Å². The number of nitrogens with one attached hydrogen (secondary N) is 2. The van der Waals surface area contributed by atoms with Crippen molar-refractivity contribution in [2.75, 3.05) is 13.6 Å². The number of carbonyl (C=O) groups excluding carboxylic acids is 2. The van der Waals surface area contributed by atoms with Gasteiger partial charge in [0.05, 0.1) is 13.9 Å². The molecule has 0 aliphatic heterocycles. The summed E-state index contributed by atoms with van der Waals surface area (Å²) in [7, 11) is 1.59. The summed E-state index contributed by atoms with van der Waals surface area (Å²) in [6.07, 6.45) is 0. The fraction of sp³-hybridized carbons (Fsp3) is 0.455. The molecule has 0 saturated heterocycles. The summed E-state index contributed by atoms with van der Waals surface area (Å²) >= 11 is 3.69. The van der Waals surface area contributed by atoms with Crippen LogP contribution in [0.4, 0.5) is 0 Å². The molecule has 0 aliphatic carbocycles. The Balaban J connectivity index is 2.57. The van der Waals surface area contributed by atoms with Crippen LogP contribution in [-0.2, 0) is 4.79 Å². The molecule has 0 aliphatic rings. The van der Waals surface area contributed by atoms with Crippen LogP contribution in [0.1, 0.15) is 24.2 Å². The molecular weight excluding hydrogens is 351 g/mol. The first-order valence-electron chi connectivity index (χ1n) is 5.11. The summed E-state index contributed by atoms with van der Waals surface area (Å²) in [5, 5.41) is 7.16. The fourth-order valence-corrected chi connectivity index (χ4v) is 2.58. The lowest BCUT2D eigenvalue weighted by Gasteiger charge is -2.22. The number of hydrogen-bond acceptors (Lipinski definition) is 3. The molecule has 1 aromatic rings. The first-order valence-corrected chi connectivity index (χ1v) is 7.07. The van der Waals surface area contributed by atoms with Crippen molar-refractivity contribution < 1.29 is 9.59 Å². The van der Waals surface area contributed by atoms with Crippen LogP contribution in [0.15, 0.2) is 11.4 Å². The van der Waals surface area contributed by atoms with Crippen molar-refractivity contribution in [2.45, 2.75) is 13.8 Å². The number of halogens is 1. The molecule has 0 spiro atoms. The molecule has 0 radical (unpaired) electrons. The van der Waals surface area contributed by atoms with Gasteiger partial charge in [0.25, 0.3) is 5.91 Å². The summed E-state index contributed by atoms with van der Waals surface area (Å²) in [5.74, 6) is -0.223. The first-order chi connectivity index (χ1) is 7.86. The van der Waals surface area contributed by atoms with Gasteiger partial charge in [0.15, 0.2) is 0 Å². The van der Waals surface area contributed by atoms with Gasteiger partial charge in [0.1, 0.15) is 0 Å². The first kappa shape index (κ1) is 14.4. The van der Waals surface area contributed by atoms with Crippen molar-refractivity contribution in [2.24, 2.45) is 5.41 Å². The number of thiophene rings is 1. The number of rotatable bonds is 4. The molecule has 0 aromatic carbocycles. The molecule has 94 valence electrons. The van der Waals surface area contributed by atoms with Crippen LogP contribution in [0.25, 0.3) is 0 Å². The molecule has 4 nitrogen and oxygen atoms in total. The van der Waals surface area contributed by atoms with Gasteiger partial charge in [0.2, 0.25) is 5.91 Å². The predicted molar refractivity (Wildman–Crippen MR) is 77.2 cm³/mol. The van der Waals surface area contributed by atoms with E-state index >= 15 is 0 Å². The quantitative estimate of drug-likeness (QED) is 0.800. The maximum atomic E-state index is 11.8. The maximum absolute atomic E-state index is 11.8. The average molecular weight is 366 g/mol. The number of amides is 2. The predicted octanol–water partition coefficient (Wildman–Crippen LogP) is 1.85. The third kappa shape index (κ3) is 3.95. The van der Waals surface area contributed by atoms with E-state index in [4.69, 9.17) is 0 Å². The monoisotopic (exact) mass is 366 g/mol. The third-order valence-corrected chi connectivity index (χ3v) is 4.15. The lowest BCUT2D eigenvalue weighted by Crippen LogP contribution is -2.43. The Morgan fingerprint density at radius 3 is 2.59 bits per heavy atom. The van der Waals surface area contributed by atoms with Crippen LogP contribution in [0.3, 0.4) is 0 Å². The molecule has 0 saturated carbocycles. The van der Waals surface area contributed by atoms with Crippen LogP contribution < -0.4 is 10.6 Å². The number of hydrogen-bond donors (Lipinski definition) is 2. The van der Waals surface area contributed by atoms with Gasteiger partial charge in [-0.2, -0.15) is 0 Å². The third-order valence-electron chi connectivity index (χ3n) is 2.36. The highest BCUT2D eigenvalue weighted by atomic mass is 127. The molecular formula is C11H15IN2O2S. The summed E-state index contributed by atoms with van der Waals surface area (Å²) in [4.78, 5) is 23.3. The zero-order chi connectivity index (χ0) is 13.1. The Bertz CT molecular complexity index is 429. The Labute approximate surface area is 118 Å². The van der Waals surface area contributed by atoms with E-state index in [1.54, 1.807) is 20.9 Å². The van der Waals surface area contributed by atoms with E-state index in [1.165, 1.54) is 11.3 Å². The molecule has 6 heteroatoms. The lowest BCUT2D eigenvalue weighted by molar-refractivity contribution is -0.128. The second-order valence-electron chi connectivity index (χ2n) is 4.29. The molecule has 0 fully saturated rings. The SMILES string of the molecule is CNC(=O)C(C)(C)CNC(=O)c1csc(I)c1. The molecule has 17 heavy (non-hydrogen) atoms. The lowest BCUT2D eigenvalue weighted by atomic mass is 9.92. The Hall–Kier alpha value is -0.630. The van der Waals surface area contributed by atoms with E-state index < -0.39 is 5.41 Å². The number of carbonyl (C=O) groups is 2. The second kappa shape index (κ2) is 5.81. The summed E-state index contributed by atoms with van der Waals surface area (Å²) in [6.45, 7) is 3.91. The van der Waals surface area contributed by atoms with Gasteiger partial charge in [-0.15, -0.1) is 11.3 Å². The molecule has 1 rings (SSSR count). The van der Waals surface area contributed by atoms with E-state index in [2.05, 4.69) is 33.2 Å². The zero-order valence-electron chi connectivity index (χ0n) is 9.96. The molecule has 1 heterocycles. The van der Waals surface area contributed by atoms with E-state index in [1.807, 2.05) is 11.4 Å². The van der Waals surface area contributed by atoms with Crippen molar-refractivity contribution >= 4 is 45.7 Å². The zero-order valence-corrected chi connectivity index (χ0v) is 12.9. The Morgan fingerprint density at radius 1 is 1.47 bits per heavy atom. The van der Waals surface area contributed by atoms with Crippen molar-refractivity contribution in [3.63, 3.8) is 0 Å². The minimum atomic E-state index is -0.604. The molecule has 1 aromatic heterocycles. The Kier molecular flexibility index (Phi) is 4.93. The van der Waals surface area contributed by atoms with E-state index in [0.717, 1.165) is 2.88 Å². The maximum Gasteiger partial charge on any atom is 0.252 e. The molecule has 0 unspecified atom stereocenters. The fourth-order valence-electron chi connectivity index (χ4n) is 1.25. The van der Waals surface area contributed by atoms with Crippen LogP contribution in [-0.4, -0.2) is 25.4 Å². The molecule has 0 bridgehead atoms. The largest absolute Gasteiger partial charge is 0.359 e. The minimum absolute atomic E-state index is 0.0855. The van der Waals surface area contributed by atoms with Gasteiger partial charge in [0, 0.05) is 19.0 Å². The van der Waals surface area contributed by atoms with Gasteiger partial charge in [-0.1, -0.05) is 0 Å². The van der Waals surface area contributed by atoms with Gasteiger partial charge >= 0.3 is 0 Å². The summed E-state index contributed by atoms with van der Waals surface area (Å²) < 4.78 is 1.07. The van der Waals surface area contributed by atoms with E-state index in [-0.39, 0.29) is 11.8 Å². The van der Waals surface area contributed by atoms with E-state index in [9.17, 15) is 9.59 Å². The topological polar surface area (TPSA) is 58.2 Å². The van der Waals surface area contributed by atoms with Crippen molar-refractivity contribution in [1.82, 2.24) is 10.6 Å². The summed E-state index contributed by atoms with van der Waals surface area (Å²) in [6, 6.07) is 1.83. The van der Waals surface area contributed by atoms with Gasteiger partial charge in [-0.25, -0.2) is 0 Å². The standard InChI is InChI=1S/C11H15IN2O2S/c1-11(2,10(16)13-3)6-14-9(15)7-4-8(12)17-5-7/h4-5H,6H2,1-3H3,(H,13,16)(H,14,15).